The highest BCUT2D eigenvalue weighted by Gasteiger charge is 2.14. The quantitative estimate of drug-likeness (QED) is 0.0388. The third-order valence-corrected chi connectivity index (χ3v) is 9.75. The Bertz CT molecular complexity index is 911. The van der Waals surface area contributed by atoms with Crippen molar-refractivity contribution < 1.29 is 19.4 Å². The first-order chi connectivity index (χ1) is 25.6. The zero-order valence-electron chi connectivity index (χ0n) is 34.4. The summed E-state index contributed by atoms with van der Waals surface area (Å²) in [5.74, 6) is -0.730. The Kier molecular flexibility index (Phi) is 41.1. The van der Waals surface area contributed by atoms with Gasteiger partial charge in [0.1, 0.15) is 6.10 Å². The second-order valence-electron chi connectivity index (χ2n) is 14.9. The molecule has 0 saturated carbocycles. The molecule has 0 saturated heterocycles. The van der Waals surface area contributed by atoms with E-state index in [1.54, 1.807) is 0 Å². The van der Waals surface area contributed by atoms with Crippen molar-refractivity contribution in [2.24, 2.45) is 0 Å². The van der Waals surface area contributed by atoms with Gasteiger partial charge >= 0.3 is 11.9 Å². The monoisotopic (exact) mass is 725 g/mol. The second-order valence-corrected chi connectivity index (χ2v) is 14.9. The number of rotatable bonds is 40. The van der Waals surface area contributed by atoms with Crippen LogP contribution in [0.1, 0.15) is 226 Å². The Hall–Kier alpha value is -2.36. The molecule has 4 nitrogen and oxygen atoms in total. The Morgan fingerprint density at radius 1 is 0.442 bits per heavy atom. The number of carbonyl (C=O) groups excluding carboxylic acids is 1. The number of hydrogen-bond acceptors (Lipinski definition) is 3. The Labute approximate surface area is 323 Å². The van der Waals surface area contributed by atoms with E-state index in [1.165, 1.54) is 89.9 Å². The highest BCUT2D eigenvalue weighted by Crippen LogP contribution is 2.19. The molecule has 0 spiro atoms. The first kappa shape index (κ1) is 49.6. The van der Waals surface area contributed by atoms with Gasteiger partial charge in [-0.2, -0.15) is 0 Å². The van der Waals surface area contributed by atoms with Crippen LogP contribution in [-0.2, 0) is 14.3 Å². The van der Waals surface area contributed by atoms with E-state index in [2.05, 4.69) is 74.6 Å². The molecule has 0 aromatic heterocycles. The van der Waals surface area contributed by atoms with E-state index in [-0.39, 0.29) is 18.5 Å². The number of carbonyl (C=O) groups is 2. The number of allylic oxidation sites excluding steroid dienone is 10. The van der Waals surface area contributed by atoms with Crippen LogP contribution in [0.4, 0.5) is 0 Å². The van der Waals surface area contributed by atoms with Gasteiger partial charge in [0.15, 0.2) is 0 Å². The summed E-state index contributed by atoms with van der Waals surface area (Å²) in [6.45, 7) is 4.44. The molecule has 0 amide bonds. The molecule has 0 aliphatic carbocycles. The first-order valence-electron chi connectivity index (χ1n) is 22.3. The van der Waals surface area contributed by atoms with Crippen LogP contribution in [0.15, 0.2) is 60.8 Å². The second kappa shape index (κ2) is 43.0. The fraction of sp³-hybridized carbons (Fsp3) is 0.750. The van der Waals surface area contributed by atoms with E-state index in [9.17, 15) is 9.59 Å². The summed E-state index contributed by atoms with van der Waals surface area (Å²) >= 11 is 0. The molecule has 0 fully saturated rings. The molecule has 0 aliphatic heterocycles. The summed E-state index contributed by atoms with van der Waals surface area (Å²) in [5.41, 5.74) is 0. The van der Waals surface area contributed by atoms with Gasteiger partial charge in [-0.3, -0.25) is 9.59 Å². The van der Waals surface area contributed by atoms with Crippen molar-refractivity contribution in [1.29, 1.82) is 0 Å². The highest BCUT2D eigenvalue weighted by molar-refractivity contribution is 5.69. The summed E-state index contributed by atoms with van der Waals surface area (Å²) in [4.78, 5) is 23.5. The number of carboxylic acids is 1. The van der Waals surface area contributed by atoms with Gasteiger partial charge in [0, 0.05) is 12.8 Å². The maximum Gasteiger partial charge on any atom is 0.306 e. The molecule has 0 aromatic carbocycles. The van der Waals surface area contributed by atoms with E-state index in [0.717, 1.165) is 109 Å². The Morgan fingerprint density at radius 3 is 1.25 bits per heavy atom. The summed E-state index contributed by atoms with van der Waals surface area (Å²) < 4.78 is 6.02. The zero-order valence-corrected chi connectivity index (χ0v) is 34.4. The van der Waals surface area contributed by atoms with Crippen molar-refractivity contribution in [3.05, 3.63) is 60.8 Å². The lowest BCUT2D eigenvalue weighted by atomic mass is 10.0. The van der Waals surface area contributed by atoms with Crippen molar-refractivity contribution >= 4 is 11.9 Å². The Morgan fingerprint density at radius 2 is 0.808 bits per heavy atom. The van der Waals surface area contributed by atoms with Crippen molar-refractivity contribution in [2.75, 3.05) is 0 Å². The molecular formula is C48H84O4. The number of esters is 1. The molecule has 0 rings (SSSR count). The summed E-state index contributed by atoms with van der Waals surface area (Å²) in [6, 6.07) is 0. The number of carboxylic acid groups (broad SMARTS) is 1. The lowest BCUT2D eigenvalue weighted by Gasteiger charge is -2.18. The molecule has 0 aliphatic rings. The zero-order chi connectivity index (χ0) is 37.8. The van der Waals surface area contributed by atoms with Crippen LogP contribution < -0.4 is 0 Å². The largest absolute Gasteiger partial charge is 0.481 e. The average Bonchev–Trinajstić information content (AvgIpc) is 3.13. The van der Waals surface area contributed by atoms with Gasteiger partial charge in [0.05, 0.1) is 0 Å². The lowest BCUT2D eigenvalue weighted by molar-refractivity contribution is -0.150. The van der Waals surface area contributed by atoms with Gasteiger partial charge in [0.25, 0.3) is 0 Å². The van der Waals surface area contributed by atoms with Crippen LogP contribution in [0.5, 0.6) is 0 Å². The smallest absolute Gasteiger partial charge is 0.306 e. The SMILES string of the molecule is CC/C=C\C/C=C\C/C=C\C/C=C\C/C=C\CCCCCC(=O)OC(CCCCCCCCCCCCCCCCC)CCCCCCCC(=O)O. The molecule has 0 bridgehead atoms. The third kappa shape index (κ3) is 42.1. The number of ether oxygens (including phenoxy) is 1. The summed E-state index contributed by atoms with van der Waals surface area (Å²) in [5, 5.41) is 8.85. The van der Waals surface area contributed by atoms with Crippen LogP contribution in [0.2, 0.25) is 0 Å². The van der Waals surface area contributed by atoms with Gasteiger partial charge in [0.2, 0.25) is 0 Å². The minimum Gasteiger partial charge on any atom is -0.481 e. The molecule has 0 aromatic rings. The van der Waals surface area contributed by atoms with Crippen LogP contribution in [0.25, 0.3) is 0 Å². The van der Waals surface area contributed by atoms with Crippen molar-refractivity contribution in [1.82, 2.24) is 0 Å². The van der Waals surface area contributed by atoms with Crippen molar-refractivity contribution in [3.63, 3.8) is 0 Å². The van der Waals surface area contributed by atoms with E-state index >= 15 is 0 Å². The van der Waals surface area contributed by atoms with E-state index in [1.807, 2.05) is 0 Å². The molecule has 0 radical (unpaired) electrons. The van der Waals surface area contributed by atoms with Gasteiger partial charge in [-0.15, -0.1) is 0 Å². The maximum atomic E-state index is 12.7. The first-order valence-corrected chi connectivity index (χ1v) is 22.3. The van der Waals surface area contributed by atoms with Crippen molar-refractivity contribution in [3.8, 4) is 0 Å². The molecule has 0 heterocycles. The Balaban J connectivity index is 4.09. The van der Waals surface area contributed by atoms with Crippen molar-refractivity contribution in [2.45, 2.75) is 232 Å². The molecule has 1 atom stereocenters. The minimum atomic E-state index is -0.704. The van der Waals surface area contributed by atoms with Gasteiger partial charge in [-0.25, -0.2) is 0 Å². The van der Waals surface area contributed by atoms with Gasteiger partial charge in [-0.1, -0.05) is 190 Å². The van der Waals surface area contributed by atoms with E-state index in [4.69, 9.17) is 9.84 Å². The molecule has 1 unspecified atom stereocenters. The minimum absolute atomic E-state index is 0.0257. The molecule has 300 valence electrons. The third-order valence-electron chi connectivity index (χ3n) is 9.75. The van der Waals surface area contributed by atoms with Crippen LogP contribution in [-0.4, -0.2) is 23.1 Å². The number of hydrogen-bond donors (Lipinski definition) is 1. The maximum absolute atomic E-state index is 12.7. The standard InChI is InChI=1S/C48H84O4/c1-3-5-7-9-11-13-15-17-19-20-21-22-24-26-28-30-32-37-41-45-48(51)52-46(43-39-35-33-36-40-44-47(49)50)42-38-34-31-29-27-25-23-18-16-14-12-10-8-6-4-2/h5,7,11,13,17,19,21-22,26,28,46H,3-4,6,8-10,12,14-16,18,20,23-25,27,29-45H2,1-2H3,(H,49,50)/b7-5-,13-11-,19-17-,22-21-,28-26-. The number of unbranched alkanes of at least 4 members (excludes halogenated alkanes) is 21. The normalized spacial score (nSPS) is 12.8. The molecular weight excluding hydrogens is 641 g/mol. The predicted octanol–water partition coefficient (Wildman–Crippen LogP) is 15.7. The van der Waals surface area contributed by atoms with Crippen LogP contribution in [0, 0.1) is 0 Å². The molecule has 4 heteroatoms. The van der Waals surface area contributed by atoms with Gasteiger partial charge in [-0.05, 0) is 83.5 Å². The van der Waals surface area contributed by atoms with Crippen LogP contribution in [0.3, 0.4) is 0 Å². The molecule has 1 N–H and O–H groups in total. The fourth-order valence-electron chi connectivity index (χ4n) is 6.51. The topological polar surface area (TPSA) is 63.6 Å². The lowest BCUT2D eigenvalue weighted by Crippen LogP contribution is -2.18. The van der Waals surface area contributed by atoms with E-state index in [0.29, 0.717) is 6.42 Å². The van der Waals surface area contributed by atoms with E-state index < -0.39 is 5.97 Å². The predicted molar refractivity (Wildman–Crippen MR) is 227 cm³/mol. The summed E-state index contributed by atoms with van der Waals surface area (Å²) in [6.07, 6.45) is 59.6. The fourth-order valence-corrected chi connectivity index (χ4v) is 6.51. The molecule has 52 heavy (non-hydrogen) atoms. The summed E-state index contributed by atoms with van der Waals surface area (Å²) in [7, 11) is 0. The average molecular weight is 725 g/mol. The van der Waals surface area contributed by atoms with Crippen LogP contribution >= 0.6 is 0 Å². The number of aliphatic carboxylic acids is 1. The van der Waals surface area contributed by atoms with Gasteiger partial charge < -0.3 is 9.84 Å². The highest BCUT2D eigenvalue weighted by atomic mass is 16.5.